The number of hydrazine groups is 1. The smallest absolute Gasteiger partial charge is 0.0653 e. The van der Waals surface area contributed by atoms with Crippen LogP contribution in [0.2, 0.25) is 0 Å². The van der Waals surface area contributed by atoms with Crippen LogP contribution in [0.25, 0.3) is 0 Å². The van der Waals surface area contributed by atoms with Crippen LogP contribution in [-0.2, 0) is 22.4 Å². The molecule has 1 aromatic carbocycles. The van der Waals surface area contributed by atoms with E-state index in [1.807, 2.05) is 0 Å². The lowest BCUT2D eigenvalue weighted by Crippen LogP contribution is -2.39. The van der Waals surface area contributed by atoms with Crippen molar-refractivity contribution in [1.29, 1.82) is 0 Å². The molecule has 0 saturated carbocycles. The second-order valence-corrected chi connectivity index (χ2v) is 6.60. The normalized spacial score (nSPS) is 22.0. The topological polar surface area (TPSA) is 37.0 Å². The molecule has 1 fully saturated rings. The number of rotatable bonds is 7. The Morgan fingerprint density at radius 3 is 2.71 bits per heavy atom. The SMILES string of the molecule is COCCN1C=C(C)C(Cc2ccccc2CN2CCOCC2)N1. The van der Waals surface area contributed by atoms with Gasteiger partial charge in [0, 0.05) is 32.9 Å². The second kappa shape index (κ2) is 8.62. The minimum absolute atomic E-state index is 0.368. The molecule has 5 heteroatoms. The standard InChI is InChI=1S/C19H29N3O2/c1-16-14-22(9-10-23-2)20-19(16)13-17-5-3-4-6-18(17)15-21-7-11-24-12-8-21/h3-6,14,19-20H,7-13,15H2,1-2H3. The number of hydrogen-bond donors (Lipinski definition) is 1. The molecule has 132 valence electrons. The van der Waals surface area contributed by atoms with Crippen LogP contribution in [0.3, 0.4) is 0 Å². The Morgan fingerprint density at radius 1 is 1.21 bits per heavy atom. The molecule has 1 aromatic rings. The van der Waals surface area contributed by atoms with E-state index < -0.39 is 0 Å². The molecule has 0 spiro atoms. The number of morpholine rings is 1. The lowest BCUT2D eigenvalue weighted by atomic mass is 9.97. The summed E-state index contributed by atoms with van der Waals surface area (Å²) in [7, 11) is 1.74. The van der Waals surface area contributed by atoms with Gasteiger partial charge in [-0.15, -0.1) is 0 Å². The number of methoxy groups -OCH3 is 1. The third-order valence-corrected chi connectivity index (χ3v) is 4.81. The van der Waals surface area contributed by atoms with Crippen LogP contribution < -0.4 is 5.43 Å². The van der Waals surface area contributed by atoms with Gasteiger partial charge in [-0.2, -0.15) is 0 Å². The van der Waals surface area contributed by atoms with Gasteiger partial charge in [0.05, 0.1) is 32.4 Å². The van der Waals surface area contributed by atoms with Gasteiger partial charge in [-0.05, 0) is 30.0 Å². The maximum Gasteiger partial charge on any atom is 0.0653 e. The summed E-state index contributed by atoms with van der Waals surface area (Å²) in [5.74, 6) is 0. The van der Waals surface area contributed by atoms with E-state index in [4.69, 9.17) is 9.47 Å². The van der Waals surface area contributed by atoms with Gasteiger partial charge in [0.1, 0.15) is 0 Å². The van der Waals surface area contributed by atoms with E-state index in [1.54, 1.807) is 7.11 Å². The number of ether oxygens (including phenoxy) is 2. The zero-order chi connectivity index (χ0) is 16.8. The highest BCUT2D eigenvalue weighted by molar-refractivity contribution is 5.30. The van der Waals surface area contributed by atoms with Crippen LogP contribution in [0.4, 0.5) is 0 Å². The fourth-order valence-corrected chi connectivity index (χ4v) is 3.33. The number of benzene rings is 1. The molecule has 1 unspecified atom stereocenters. The van der Waals surface area contributed by atoms with Crippen molar-refractivity contribution in [3.05, 3.63) is 47.2 Å². The first kappa shape index (κ1) is 17.4. The van der Waals surface area contributed by atoms with Gasteiger partial charge >= 0.3 is 0 Å². The Kier molecular flexibility index (Phi) is 6.26. The quantitative estimate of drug-likeness (QED) is 0.825. The molecule has 2 aliphatic heterocycles. The minimum atomic E-state index is 0.368. The Balaban J connectivity index is 1.62. The summed E-state index contributed by atoms with van der Waals surface area (Å²) in [6.07, 6.45) is 3.22. The monoisotopic (exact) mass is 331 g/mol. The molecule has 0 radical (unpaired) electrons. The van der Waals surface area contributed by atoms with E-state index in [2.05, 4.69) is 52.7 Å². The van der Waals surface area contributed by atoms with Gasteiger partial charge in [-0.1, -0.05) is 24.3 Å². The largest absolute Gasteiger partial charge is 0.383 e. The van der Waals surface area contributed by atoms with E-state index in [1.165, 1.54) is 16.7 Å². The summed E-state index contributed by atoms with van der Waals surface area (Å²) >= 11 is 0. The van der Waals surface area contributed by atoms with Gasteiger partial charge in [-0.3, -0.25) is 4.90 Å². The molecule has 1 N–H and O–H groups in total. The highest BCUT2D eigenvalue weighted by atomic mass is 16.5. The minimum Gasteiger partial charge on any atom is -0.383 e. The lowest BCUT2D eigenvalue weighted by Gasteiger charge is -2.28. The molecule has 1 saturated heterocycles. The van der Waals surface area contributed by atoms with E-state index in [9.17, 15) is 0 Å². The third kappa shape index (κ3) is 4.57. The van der Waals surface area contributed by atoms with Crippen molar-refractivity contribution in [2.45, 2.75) is 25.9 Å². The van der Waals surface area contributed by atoms with Crippen LogP contribution >= 0.6 is 0 Å². The van der Waals surface area contributed by atoms with Crippen molar-refractivity contribution in [3.63, 3.8) is 0 Å². The van der Waals surface area contributed by atoms with Crippen molar-refractivity contribution in [2.24, 2.45) is 0 Å². The van der Waals surface area contributed by atoms with Crippen molar-refractivity contribution >= 4 is 0 Å². The first-order chi connectivity index (χ1) is 11.8. The fraction of sp³-hybridized carbons (Fsp3) is 0.579. The summed E-state index contributed by atoms with van der Waals surface area (Å²) in [4.78, 5) is 2.48. The summed E-state index contributed by atoms with van der Waals surface area (Å²) in [6.45, 7) is 8.58. The molecular formula is C19H29N3O2. The average Bonchev–Trinajstić information content (AvgIpc) is 2.95. The molecule has 0 bridgehead atoms. The van der Waals surface area contributed by atoms with Gasteiger partial charge in [0.2, 0.25) is 0 Å². The molecule has 3 rings (SSSR count). The highest BCUT2D eigenvalue weighted by Gasteiger charge is 2.22. The van der Waals surface area contributed by atoms with Crippen LogP contribution in [0, 0.1) is 0 Å². The Labute approximate surface area is 145 Å². The van der Waals surface area contributed by atoms with E-state index in [0.29, 0.717) is 6.04 Å². The van der Waals surface area contributed by atoms with Gasteiger partial charge in [0.25, 0.3) is 0 Å². The summed E-state index contributed by atoms with van der Waals surface area (Å²) in [5.41, 5.74) is 7.83. The lowest BCUT2D eigenvalue weighted by molar-refractivity contribution is 0.0340. The molecule has 0 aromatic heterocycles. The number of nitrogens with zero attached hydrogens (tertiary/aromatic N) is 2. The average molecular weight is 331 g/mol. The first-order valence-corrected chi connectivity index (χ1v) is 8.83. The predicted octanol–water partition coefficient (Wildman–Crippen LogP) is 1.80. The van der Waals surface area contributed by atoms with Crippen molar-refractivity contribution in [3.8, 4) is 0 Å². The molecular weight excluding hydrogens is 302 g/mol. The van der Waals surface area contributed by atoms with E-state index >= 15 is 0 Å². The van der Waals surface area contributed by atoms with Gasteiger partial charge in [0.15, 0.2) is 0 Å². The number of hydrogen-bond acceptors (Lipinski definition) is 5. The van der Waals surface area contributed by atoms with Crippen molar-refractivity contribution < 1.29 is 9.47 Å². The second-order valence-electron chi connectivity index (χ2n) is 6.60. The van der Waals surface area contributed by atoms with Gasteiger partial charge in [-0.25, -0.2) is 5.43 Å². The Hall–Kier alpha value is -1.40. The van der Waals surface area contributed by atoms with E-state index in [-0.39, 0.29) is 0 Å². The zero-order valence-electron chi connectivity index (χ0n) is 14.8. The fourth-order valence-electron chi connectivity index (χ4n) is 3.33. The molecule has 2 heterocycles. The van der Waals surface area contributed by atoms with Crippen LogP contribution in [0.15, 0.2) is 36.0 Å². The molecule has 1 atom stereocenters. The zero-order valence-corrected chi connectivity index (χ0v) is 14.8. The maximum absolute atomic E-state index is 5.46. The van der Waals surface area contributed by atoms with E-state index in [0.717, 1.165) is 52.4 Å². The van der Waals surface area contributed by atoms with Gasteiger partial charge < -0.3 is 14.5 Å². The van der Waals surface area contributed by atoms with Crippen molar-refractivity contribution in [1.82, 2.24) is 15.3 Å². The third-order valence-electron chi connectivity index (χ3n) is 4.81. The Bertz CT molecular complexity index is 555. The van der Waals surface area contributed by atoms with Crippen molar-refractivity contribution in [2.75, 3.05) is 46.6 Å². The summed E-state index contributed by atoms with van der Waals surface area (Å²) < 4.78 is 10.6. The predicted molar refractivity (Wildman–Crippen MR) is 95.5 cm³/mol. The molecule has 0 amide bonds. The molecule has 0 aliphatic carbocycles. The Morgan fingerprint density at radius 2 is 1.96 bits per heavy atom. The maximum atomic E-state index is 5.46. The summed E-state index contributed by atoms with van der Waals surface area (Å²) in [6, 6.07) is 9.20. The number of nitrogens with one attached hydrogen (secondary N) is 1. The van der Waals surface area contributed by atoms with Crippen LogP contribution in [0.5, 0.6) is 0 Å². The summed E-state index contributed by atoms with van der Waals surface area (Å²) in [5, 5.41) is 2.15. The van der Waals surface area contributed by atoms with Crippen LogP contribution in [-0.4, -0.2) is 62.5 Å². The molecule has 24 heavy (non-hydrogen) atoms. The first-order valence-electron chi connectivity index (χ1n) is 8.83. The molecule has 2 aliphatic rings. The van der Waals surface area contributed by atoms with Crippen LogP contribution in [0.1, 0.15) is 18.1 Å². The highest BCUT2D eigenvalue weighted by Crippen LogP contribution is 2.20. The molecule has 5 nitrogen and oxygen atoms in total.